The predicted octanol–water partition coefficient (Wildman–Crippen LogP) is 5.61. The van der Waals surface area contributed by atoms with E-state index in [1.54, 1.807) is 24.3 Å². The second-order valence-electron chi connectivity index (χ2n) is 7.06. The summed E-state index contributed by atoms with van der Waals surface area (Å²) < 4.78 is 16.3. The molecule has 1 unspecified atom stereocenters. The Labute approximate surface area is 186 Å². The maximum Gasteiger partial charge on any atom is 0.339 e. The van der Waals surface area contributed by atoms with Gasteiger partial charge in [-0.3, -0.25) is 4.79 Å². The van der Waals surface area contributed by atoms with Gasteiger partial charge in [-0.15, -0.1) is 0 Å². The Morgan fingerprint density at radius 2 is 1.77 bits per heavy atom. The van der Waals surface area contributed by atoms with Crippen molar-refractivity contribution >= 4 is 40.8 Å². The van der Waals surface area contributed by atoms with Gasteiger partial charge in [0.1, 0.15) is 0 Å². The lowest BCUT2D eigenvalue weighted by molar-refractivity contribution is -0.123. The van der Waals surface area contributed by atoms with Gasteiger partial charge in [-0.2, -0.15) is 0 Å². The summed E-state index contributed by atoms with van der Waals surface area (Å²) in [7, 11) is 1.49. The zero-order valence-electron chi connectivity index (χ0n) is 17.3. The van der Waals surface area contributed by atoms with Gasteiger partial charge < -0.3 is 19.5 Å². The molecule has 0 aromatic heterocycles. The molecule has 0 fully saturated rings. The molecule has 30 heavy (non-hydrogen) atoms. The van der Waals surface area contributed by atoms with Crippen LogP contribution in [0.1, 0.15) is 37.6 Å². The first kappa shape index (κ1) is 23.8. The van der Waals surface area contributed by atoms with E-state index in [0.717, 1.165) is 6.42 Å². The molecule has 1 atom stereocenters. The van der Waals surface area contributed by atoms with E-state index in [2.05, 4.69) is 19.2 Å². The van der Waals surface area contributed by atoms with Gasteiger partial charge in [-0.05, 0) is 55.7 Å². The van der Waals surface area contributed by atoms with Gasteiger partial charge in [0.15, 0.2) is 17.6 Å². The molecule has 0 saturated heterocycles. The molecule has 0 spiro atoms. The number of hydrogen-bond acceptors (Lipinski definition) is 5. The van der Waals surface area contributed by atoms with Crippen molar-refractivity contribution < 1.29 is 23.8 Å². The molecule has 0 aliphatic carbocycles. The zero-order valence-corrected chi connectivity index (χ0v) is 18.8. The highest BCUT2D eigenvalue weighted by Crippen LogP contribution is 2.29. The normalized spacial score (nSPS) is 11.7. The Balaban J connectivity index is 2.00. The highest BCUT2D eigenvalue weighted by Gasteiger charge is 2.21. The number of carbonyl (C=O) groups is 2. The molecule has 2 aromatic rings. The van der Waals surface area contributed by atoms with Crippen LogP contribution in [0, 0.1) is 5.92 Å². The molecule has 162 valence electrons. The largest absolute Gasteiger partial charge is 0.493 e. The third kappa shape index (κ3) is 6.82. The molecule has 1 N–H and O–H groups in total. The minimum atomic E-state index is -1.04. The fourth-order valence-electron chi connectivity index (χ4n) is 2.43. The third-order valence-corrected chi connectivity index (χ3v) is 4.74. The van der Waals surface area contributed by atoms with Crippen molar-refractivity contribution in [1.82, 2.24) is 0 Å². The Morgan fingerprint density at radius 3 is 2.40 bits per heavy atom. The van der Waals surface area contributed by atoms with Crippen LogP contribution in [0.5, 0.6) is 11.5 Å². The van der Waals surface area contributed by atoms with Crippen molar-refractivity contribution in [2.24, 2.45) is 5.92 Å². The first-order valence-corrected chi connectivity index (χ1v) is 10.2. The van der Waals surface area contributed by atoms with Crippen LogP contribution in [0.25, 0.3) is 0 Å². The number of halogens is 2. The molecule has 6 nitrogen and oxygen atoms in total. The van der Waals surface area contributed by atoms with E-state index >= 15 is 0 Å². The van der Waals surface area contributed by atoms with Gasteiger partial charge >= 0.3 is 5.97 Å². The minimum Gasteiger partial charge on any atom is -0.493 e. The molecule has 0 aliphatic rings. The highest BCUT2D eigenvalue weighted by molar-refractivity contribution is 6.36. The SMILES string of the molecule is COc1cc(C(=O)OC(C)C(=O)Nc2ccc(Cl)cc2Cl)ccc1OCCC(C)C. The third-order valence-electron chi connectivity index (χ3n) is 4.19. The van der Waals surface area contributed by atoms with Gasteiger partial charge in [0.25, 0.3) is 5.91 Å². The molecule has 0 heterocycles. The molecule has 0 bridgehead atoms. The van der Waals surface area contributed by atoms with Crippen LogP contribution >= 0.6 is 23.2 Å². The Hall–Kier alpha value is -2.44. The van der Waals surface area contributed by atoms with E-state index < -0.39 is 18.0 Å². The molecular formula is C22H25Cl2NO5. The van der Waals surface area contributed by atoms with E-state index in [1.807, 2.05) is 0 Å². The molecule has 0 aliphatic heterocycles. The monoisotopic (exact) mass is 453 g/mol. The summed E-state index contributed by atoms with van der Waals surface area (Å²) in [6, 6.07) is 9.40. The average molecular weight is 454 g/mol. The van der Waals surface area contributed by atoms with E-state index in [4.69, 9.17) is 37.4 Å². The van der Waals surface area contributed by atoms with Gasteiger partial charge in [-0.25, -0.2) is 4.79 Å². The maximum atomic E-state index is 12.5. The van der Waals surface area contributed by atoms with Crippen LogP contribution < -0.4 is 14.8 Å². The van der Waals surface area contributed by atoms with Gasteiger partial charge in [0.2, 0.25) is 0 Å². The van der Waals surface area contributed by atoms with Crippen molar-refractivity contribution in [3.63, 3.8) is 0 Å². The number of benzene rings is 2. The topological polar surface area (TPSA) is 73.9 Å². The number of carbonyl (C=O) groups excluding carboxylic acids is 2. The summed E-state index contributed by atoms with van der Waals surface area (Å²) in [5.74, 6) is 0.289. The van der Waals surface area contributed by atoms with Crippen LogP contribution in [0.15, 0.2) is 36.4 Å². The number of esters is 1. The van der Waals surface area contributed by atoms with Crippen LogP contribution in [0.3, 0.4) is 0 Å². The zero-order chi connectivity index (χ0) is 22.3. The summed E-state index contributed by atoms with van der Waals surface area (Å²) >= 11 is 11.9. The highest BCUT2D eigenvalue weighted by atomic mass is 35.5. The van der Waals surface area contributed by atoms with Gasteiger partial charge in [-0.1, -0.05) is 37.0 Å². The molecular weight excluding hydrogens is 429 g/mol. The Kier molecular flexibility index (Phi) is 8.81. The maximum absolute atomic E-state index is 12.5. The lowest BCUT2D eigenvalue weighted by Gasteiger charge is -2.16. The van der Waals surface area contributed by atoms with Crippen molar-refractivity contribution in [3.8, 4) is 11.5 Å². The minimum absolute atomic E-state index is 0.243. The lowest BCUT2D eigenvalue weighted by Crippen LogP contribution is -2.30. The van der Waals surface area contributed by atoms with Gasteiger partial charge in [0.05, 0.1) is 30.0 Å². The number of hydrogen-bond donors (Lipinski definition) is 1. The molecule has 0 radical (unpaired) electrons. The van der Waals surface area contributed by atoms with E-state index in [1.165, 1.54) is 26.2 Å². The first-order chi connectivity index (χ1) is 14.2. The van der Waals surface area contributed by atoms with Crippen molar-refractivity contribution in [2.75, 3.05) is 19.0 Å². The van der Waals surface area contributed by atoms with Crippen molar-refractivity contribution in [3.05, 3.63) is 52.0 Å². The molecule has 0 saturated carbocycles. The first-order valence-electron chi connectivity index (χ1n) is 9.49. The van der Waals surface area contributed by atoms with E-state index in [-0.39, 0.29) is 10.6 Å². The quantitative estimate of drug-likeness (QED) is 0.499. The van der Waals surface area contributed by atoms with Crippen LogP contribution in [0.2, 0.25) is 10.0 Å². The van der Waals surface area contributed by atoms with Crippen LogP contribution in [-0.2, 0) is 9.53 Å². The smallest absolute Gasteiger partial charge is 0.339 e. The number of nitrogens with one attached hydrogen (secondary N) is 1. The second kappa shape index (κ2) is 11.1. The molecule has 8 heteroatoms. The van der Waals surface area contributed by atoms with E-state index in [0.29, 0.717) is 34.7 Å². The summed E-state index contributed by atoms with van der Waals surface area (Å²) in [5, 5.41) is 3.34. The van der Waals surface area contributed by atoms with Crippen LogP contribution in [-0.4, -0.2) is 31.7 Å². The number of ether oxygens (including phenoxy) is 3. The summed E-state index contributed by atoms with van der Waals surface area (Å²) in [5.41, 5.74) is 0.616. The summed E-state index contributed by atoms with van der Waals surface area (Å²) in [6.45, 7) is 6.23. The average Bonchev–Trinajstić information content (AvgIpc) is 2.69. The molecule has 1 amide bonds. The predicted molar refractivity (Wildman–Crippen MR) is 118 cm³/mol. The lowest BCUT2D eigenvalue weighted by atomic mass is 10.1. The Morgan fingerprint density at radius 1 is 1.03 bits per heavy atom. The van der Waals surface area contributed by atoms with E-state index in [9.17, 15) is 9.59 Å². The summed E-state index contributed by atoms with van der Waals surface area (Å²) in [4.78, 5) is 24.8. The fourth-order valence-corrected chi connectivity index (χ4v) is 2.88. The number of amides is 1. The second-order valence-corrected chi connectivity index (χ2v) is 7.90. The number of methoxy groups -OCH3 is 1. The standard InChI is InChI=1S/C22H25Cl2NO5/c1-13(2)9-10-29-19-8-5-15(11-20(19)28-4)22(27)30-14(3)21(26)25-18-7-6-16(23)12-17(18)24/h5-8,11-14H,9-10H2,1-4H3,(H,25,26). The summed E-state index contributed by atoms with van der Waals surface area (Å²) in [6.07, 6.45) is -0.144. The fraction of sp³-hybridized carbons (Fsp3) is 0.364. The molecule has 2 rings (SSSR count). The van der Waals surface area contributed by atoms with Crippen molar-refractivity contribution in [2.45, 2.75) is 33.3 Å². The molecule has 2 aromatic carbocycles. The van der Waals surface area contributed by atoms with Crippen molar-refractivity contribution in [1.29, 1.82) is 0 Å². The number of anilines is 1. The Bertz CT molecular complexity index is 901. The number of rotatable bonds is 9. The van der Waals surface area contributed by atoms with Crippen LogP contribution in [0.4, 0.5) is 5.69 Å². The van der Waals surface area contributed by atoms with Gasteiger partial charge in [0, 0.05) is 5.02 Å².